The van der Waals surface area contributed by atoms with Crippen molar-refractivity contribution in [1.29, 1.82) is 0 Å². The van der Waals surface area contributed by atoms with Crippen LogP contribution in [0.1, 0.15) is 5.69 Å². The largest absolute Gasteiger partial charge is 0.396 e. The Balaban J connectivity index is 3.05. The summed E-state index contributed by atoms with van der Waals surface area (Å²) in [5.41, 5.74) is 5.84. The van der Waals surface area contributed by atoms with E-state index >= 15 is 0 Å². The fourth-order valence-corrected chi connectivity index (χ4v) is 0.818. The van der Waals surface area contributed by atoms with Gasteiger partial charge in [-0.1, -0.05) is 12.2 Å². The Labute approximate surface area is 74.8 Å². The van der Waals surface area contributed by atoms with E-state index in [1.165, 1.54) is 6.07 Å². The molecule has 1 heterocycles. The minimum absolute atomic E-state index is 0.0533. The van der Waals surface area contributed by atoms with Crippen LogP contribution in [-0.2, 0) is 0 Å². The molecule has 64 valence electrons. The fraction of sp³-hybridized carbons (Fsp3) is 0.143. The molecule has 0 saturated carbocycles. The third kappa shape index (κ3) is 1.68. The lowest BCUT2D eigenvalue weighted by molar-refractivity contribution is 0.626. The molecule has 1 rings (SSSR count). The van der Waals surface area contributed by atoms with Crippen LogP contribution < -0.4 is 11.1 Å². The van der Waals surface area contributed by atoms with E-state index in [1.54, 1.807) is 7.05 Å². The number of nitrogens with two attached hydrogens (primary N) is 1. The lowest BCUT2D eigenvalue weighted by Crippen LogP contribution is -2.18. The van der Waals surface area contributed by atoms with Gasteiger partial charge < -0.3 is 11.1 Å². The van der Waals surface area contributed by atoms with Crippen molar-refractivity contribution >= 4 is 22.9 Å². The number of pyridine rings is 1. The minimum atomic E-state index is -0.530. The van der Waals surface area contributed by atoms with E-state index in [0.717, 1.165) is 6.20 Å². The molecule has 0 aromatic carbocycles. The average Bonchev–Trinajstić information content (AvgIpc) is 2.08. The molecule has 0 atom stereocenters. The molecular formula is C7H8FN3S. The highest BCUT2D eigenvalue weighted by molar-refractivity contribution is 7.80. The van der Waals surface area contributed by atoms with E-state index in [0.29, 0.717) is 10.7 Å². The van der Waals surface area contributed by atoms with Gasteiger partial charge in [0.25, 0.3) is 0 Å². The van der Waals surface area contributed by atoms with Crippen molar-refractivity contribution in [2.24, 2.45) is 0 Å². The molecule has 12 heavy (non-hydrogen) atoms. The van der Waals surface area contributed by atoms with Gasteiger partial charge in [-0.25, -0.2) is 4.39 Å². The maximum absolute atomic E-state index is 12.6. The zero-order chi connectivity index (χ0) is 9.14. The van der Waals surface area contributed by atoms with E-state index in [-0.39, 0.29) is 5.69 Å². The van der Waals surface area contributed by atoms with Crippen LogP contribution >= 0.6 is 12.2 Å². The maximum Gasteiger partial charge on any atom is 0.164 e. The van der Waals surface area contributed by atoms with Crippen molar-refractivity contribution in [1.82, 2.24) is 10.3 Å². The molecule has 0 radical (unpaired) electrons. The summed E-state index contributed by atoms with van der Waals surface area (Å²) >= 11 is 4.87. The van der Waals surface area contributed by atoms with Gasteiger partial charge in [0.1, 0.15) is 4.99 Å². The molecule has 3 N–H and O–H groups in total. The first-order valence-corrected chi connectivity index (χ1v) is 3.69. The number of hydrogen-bond donors (Lipinski definition) is 2. The second-order valence-electron chi connectivity index (χ2n) is 2.17. The number of thiocarbonyl (C=S) groups is 1. The Bertz CT molecular complexity index is 314. The molecule has 0 saturated heterocycles. The number of halogens is 1. The number of aromatic nitrogens is 1. The van der Waals surface area contributed by atoms with Crippen molar-refractivity contribution in [3.05, 3.63) is 23.8 Å². The van der Waals surface area contributed by atoms with E-state index in [1.807, 2.05) is 0 Å². The van der Waals surface area contributed by atoms with Crippen molar-refractivity contribution in [3.8, 4) is 0 Å². The maximum atomic E-state index is 12.6. The molecule has 0 aliphatic carbocycles. The highest BCUT2D eigenvalue weighted by atomic mass is 32.1. The quantitative estimate of drug-likeness (QED) is 0.632. The molecule has 3 nitrogen and oxygen atoms in total. The van der Waals surface area contributed by atoms with Gasteiger partial charge in [0.2, 0.25) is 0 Å². The van der Waals surface area contributed by atoms with E-state index in [4.69, 9.17) is 18.0 Å². The SMILES string of the molecule is CNC(=S)c1cc(N)c(F)cn1. The molecule has 0 bridgehead atoms. The van der Waals surface area contributed by atoms with Crippen LogP contribution in [0.15, 0.2) is 12.3 Å². The van der Waals surface area contributed by atoms with Crippen LogP contribution in [0.4, 0.5) is 10.1 Å². The third-order valence-corrected chi connectivity index (χ3v) is 1.76. The lowest BCUT2D eigenvalue weighted by Gasteiger charge is -2.02. The zero-order valence-electron chi connectivity index (χ0n) is 6.47. The van der Waals surface area contributed by atoms with Crippen LogP contribution in [-0.4, -0.2) is 17.0 Å². The topological polar surface area (TPSA) is 50.9 Å². The van der Waals surface area contributed by atoms with Crippen LogP contribution in [0.25, 0.3) is 0 Å². The third-order valence-electron chi connectivity index (χ3n) is 1.34. The molecule has 5 heteroatoms. The fourth-order valence-electron chi connectivity index (χ4n) is 0.707. The Morgan fingerprint density at radius 1 is 1.75 bits per heavy atom. The molecule has 1 aromatic rings. The molecule has 1 aromatic heterocycles. The standard InChI is InChI=1S/C7H8FN3S/c1-10-7(12)6-2-5(9)4(8)3-11-6/h2-3H,1H3,(H2,9,11)(H,10,12). The monoisotopic (exact) mass is 185 g/mol. The molecule has 0 aliphatic heterocycles. The Morgan fingerprint density at radius 3 is 2.92 bits per heavy atom. The van der Waals surface area contributed by atoms with Gasteiger partial charge in [-0.15, -0.1) is 0 Å². The number of hydrogen-bond acceptors (Lipinski definition) is 3. The summed E-state index contributed by atoms with van der Waals surface area (Å²) in [5.74, 6) is -0.530. The first-order chi connectivity index (χ1) is 5.65. The second-order valence-corrected chi connectivity index (χ2v) is 2.58. The number of nitrogen functional groups attached to an aromatic ring is 1. The van der Waals surface area contributed by atoms with Crippen molar-refractivity contribution in [2.45, 2.75) is 0 Å². The predicted molar refractivity (Wildman–Crippen MR) is 49.4 cm³/mol. The molecular weight excluding hydrogens is 177 g/mol. The van der Waals surface area contributed by atoms with Crippen LogP contribution in [0.3, 0.4) is 0 Å². The van der Waals surface area contributed by atoms with E-state index < -0.39 is 5.82 Å². The Morgan fingerprint density at radius 2 is 2.42 bits per heavy atom. The first kappa shape index (κ1) is 8.86. The number of anilines is 1. The first-order valence-electron chi connectivity index (χ1n) is 3.28. The predicted octanol–water partition coefficient (Wildman–Crippen LogP) is 0.698. The zero-order valence-corrected chi connectivity index (χ0v) is 7.28. The smallest absolute Gasteiger partial charge is 0.164 e. The summed E-state index contributed by atoms with van der Waals surface area (Å²) < 4.78 is 12.6. The molecule has 0 aliphatic rings. The Kier molecular flexibility index (Phi) is 2.54. The van der Waals surface area contributed by atoms with E-state index in [2.05, 4.69) is 10.3 Å². The van der Waals surface area contributed by atoms with Gasteiger partial charge in [-0.05, 0) is 6.07 Å². The van der Waals surface area contributed by atoms with Crippen molar-refractivity contribution in [3.63, 3.8) is 0 Å². The summed E-state index contributed by atoms with van der Waals surface area (Å²) in [4.78, 5) is 4.20. The average molecular weight is 185 g/mol. The minimum Gasteiger partial charge on any atom is -0.396 e. The number of nitrogens with one attached hydrogen (secondary N) is 1. The van der Waals surface area contributed by atoms with Crippen molar-refractivity contribution < 1.29 is 4.39 Å². The molecule has 0 fully saturated rings. The second kappa shape index (κ2) is 3.44. The van der Waals surface area contributed by atoms with E-state index in [9.17, 15) is 4.39 Å². The summed E-state index contributed by atoms with van der Waals surface area (Å²) in [6.07, 6.45) is 1.05. The highest BCUT2D eigenvalue weighted by Crippen LogP contribution is 2.09. The van der Waals surface area contributed by atoms with Crippen LogP contribution in [0.5, 0.6) is 0 Å². The molecule has 0 amide bonds. The molecule has 0 unspecified atom stereocenters. The number of rotatable bonds is 1. The van der Waals surface area contributed by atoms with Gasteiger partial charge in [-0.3, -0.25) is 4.98 Å². The van der Waals surface area contributed by atoms with Crippen LogP contribution in [0, 0.1) is 5.82 Å². The summed E-state index contributed by atoms with van der Waals surface area (Å²) in [7, 11) is 1.67. The van der Waals surface area contributed by atoms with Crippen molar-refractivity contribution in [2.75, 3.05) is 12.8 Å². The summed E-state index contributed by atoms with van der Waals surface area (Å²) in [5, 5.41) is 2.72. The van der Waals surface area contributed by atoms with Gasteiger partial charge in [0, 0.05) is 7.05 Å². The van der Waals surface area contributed by atoms with Gasteiger partial charge in [0.05, 0.1) is 17.6 Å². The lowest BCUT2D eigenvalue weighted by atomic mass is 10.3. The highest BCUT2D eigenvalue weighted by Gasteiger charge is 2.03. The summed E-state index contributed by atoms with van der Waals surface area (Å²) in [6.45, 7) is 0. The van der Waals surface area contributed by atoms with Crippen LogP contribution in [0.2, 0.25) is 0 Å². The van der Waals surface area contributed by atoms with Gasteiger partial charge >= 0.3 is 0 Å². The van der Waals surface area contributed by atoms with Gasteiger partial charge in [-0.2, -0.15) is 0 Å². The summed E-state index contributed by atoms with van der Waals surface area (Å²) in [6, 6.07) is 1.40. The van der Waals surface area contributed by atoms with Gasteiger partial charge in [0.15, 0.2) is 5.82 Å². The Hall–Kier alpha value is -1.23. The number of nitrogens with zero attached hydrogens (tertiary/aromatic N) is 1. The normalized spacial score (nSPS) is 9.50. The molecule has 0 spiro atoms.